The van der Waals surface area contributed by atoms with Crippen LogP contribution in [0.2, 0.25) is 5.02 Å². The number of aromatic nitrogens is 2. The van der Waals surface area contributed by atoms with Gasteiger partial charge in [0.15, 0.2) is 5.16 Å². The summed E-state index contributed by atoms with van der Waals surface area (Å²) >= 11 is 7.52. The smallest absolute Gasteiger partial charge is 0.234 e. The molecule has 3 aromatic rings. The van der Waals surface area contributed by atoms with E-state index in [1.807, 2.05) is 35.9 Å². The third kappa shape index (κ3) is 4.15. The first kappa shape index (κ1) is 17.4. The molecular formula is C18H16ClN3O2S. The van der Waals surface area contributed by atoms with Crippen LogP contribution in [0.25, 0.3) is 5.69 Å². The number of imidazole rings is 1. The number of nitrogens with one attached hydrogen (secondary N) is 1. The van der Waals surface area contributed by atoms with E-state index in [1.165, 1.54) is 17.8 Å². The van der Waals surface area contributed by atoms with E-state index < -0.39 is 0 Å². The third-order valence-corrected chi connectivity index (χ3v) is 4.94. The monoisotopic (exact) mass is 373 g/mol. The summed E-state index contributed by atoms with van der Waals surface area (Å²) in [4.78, 5) is 16.4. The SMILES string of the molecule is Cc1c(Cl)cccc1-n1ccnc1SCC(=O)Nc1cccc(O)c1. The fourth-order valence-corrected chi connectivity index (χ4v) is 3.28. The molecule has 0 atom stereocenters. The molecular weight excluding hydrogens is 358 g/mol. The molecule has 0 unspecified atom stereocenters. The first-order valence-electron chi connectivity index (χ1n) is 7.55. The predicted octanol–water partition coefficient (Wildman–Crippen LogP) is 4.27. The number of carbonyl (C=O) groups is 1. The molecule has 0 saturated carbocycles. The number of halogens is 1. The number of phenolic OH excluding ortho intramolecular Hbond substituents is 1. The molecule has 0 saturated heterocycles. The highest BCUT2D eigenvalue weighted by Crippen LogP contribution is 2.26. The molecule has 0 aliphatic rings. The van der Waals surface area contributed by atoms with E-state index in [2.05, 4.69) is 10.3 Å². The average Bonchev–Trinajstić information content (AvgIpc) is 3.04. The zero-order valence-electron chi connectivity index (χ0n) is 13.4. The molecule has 0 aliphatic carbocycles. The van der Waals surface area contributed by atoms with E-state index >= 15 is 0 Å². The molecule has 3 rings (SSSR count). The van der Waals surface area contributed by atoms with Crippen LogP contribution in [0.5, 0.6) is 5.75 Å². The van der Waals surface area contributed by atoms with Gasteiger partial charge in [-0.3, -0.25) is 9.36 Å². The summed E-state index contributed by atoms with van der Waals surface area (Å²) in [5.74, 6) is 0.136. The van der Waals surface area contributed by atoms with Gasteiger partial charge in [-0.15, -0.1) is 0 Å². The van der Waals surface area contributed by atoms with E-state index in [0.29, 0.717) is 15.9 Å². The van der Waals surface area contributed by atoms with Gasteiger partial charge < -0.3 is 10.4 Å². The molecule has 2 aromatic carbocycles. The van der Waals surface area contributed by atoms with Crippen LogP contribution in [0.15, 0.2) is 60.0 Å². The Kier molecular flexibility index (Phi) is 5.31. The van der Waals surface area contributed by atoms with Crippen molar-refractivity contribution in [3.63, 3.8) is 0 Å². The second kappa shape index (κ2) is 7.63. The number of thioether (sulfide) groups is 1. The highest BCUT2D eigenvalue weighted by atomic mass is 35.5. The van der Waals surface area contributed by atoms with E-state index in [1.54, 1.807) is 24.4 Å². The quantitative estimate of drug-likeness (QED) is 0.655. The Morgan fingerprint density at radius 1 is 1.32 bits per heavy atom. The van der Waals surface area contributed by atoms with Crippen molar-refractivity contribution in [2.45, 2.75) is 12.1 Å². The summed E-state index contributed by atoms with van der Waals surface area (Å²) in [6.07, 6.45) is 3.53. The molecule has 128 valence electrons. The number of aromatic hydroxyl groups is 1. The maximum Gasteiger partial charge on any atom is 0.234 e. The van der Waals surface area contributed by atoms with Crippen molar-refractivity contribution >= 4 is 35.0 Å². The molecule has 1 heterocycles. The van der Waals surface area contributed by atoms with E-state index in [-0.39, 0.29) is 17.4 Å². The number of nitrogens with zero attached hydrogens (tertiary/aromatic N) is 2. The number of hydrogen-bond acceptors (Lipinski definition) is 4. The molecule has 0 radical (unpaired) electrons. The van der Waals surface area contributed by atoms with Crippen LogP contribution in [-0.4, -0.2) is 26.3 Å². The van der Waals surface area contributed by atoms with Gasteiger partial charge in [-0.05, 0) is 36.8 Å². The van der Waals surface area contributed by atoms with Crippen LogP contribution in [0.3, 0.4) is 0 Å². The number of rotatable bonds is 5. The number of phenols is 1. The van der Waals surface area contributed by atoms with Gasteiger partial charge in [0.05, 0.1) is 11.4 Å². The van der Waals surface area contributed by atoms with Crippen molar-refractivity contribution in [3.8, 4) is 11.4 Å². The van der Waals surface area contributed by atoms with Crippen molar-refractivity contribution in [3.05, 3.63) is 65.4 Å². The second-order valence-electron chi connectivity index (χ2n) is 5.35. The first-order valence-corrected chi connectivity index (χ1v) is 8.91. The fourth-order valence-electron chi connectivity index (χ4n) is 2.35. The summed E-state index contributed by atoms with van der Waals surface area (Å²) in [6.45, 7) is 1.95. The summed E-state index contributed by atoms with van der Waals surface area (Å²) in [7, 11) is 0. The van der Waals surface area contributed by atoms with Crippen LogP contribution < -0.4 is 5.32 Å². The molecule has 5 nitrogen and oxygen atoms in total. The molecule has 1 aromatic heterocycles. The van der Waals surface area contributed by atoms with Gasteiger partial charge in [-0.1, -0.05) is 35.5 Å². The topological polar surface area (TPSA) is 67.2 Å². The van der Waals surface area contributed by atoms with Crippen LogP contribution in [0.4, 0.5) is 5.69 Å². The average molecular weight is 374 g/mol. The largest absolute Gasteiger partial charge is 0.508 e. The summed E-state index contributed by atoms with van der Waals surface area (Å²) in [5.41, 5.74) is 2.44. The molecule has 0 fully saturated rings. The van der Waals surface area contributed by atoms with Gasteiger partial charge in [-0.2, -0.15) is 0 Å². The predicted molar refractivity (Wildman–Crippen MR) is 101 cm³/mol. The Bertz CT molecular complexity index is 911. The standard InChI is InChI=1S/C18H16ClN3O2S/c1-12-15(19)6-3-7-16(12)22-9-8-20-18(22)25-11-17(24)21-13-4-2-5-14(23)10-13/h2-10,23H,11H2,1H3,(H,21,24). The van der Waals surface area contributed by atoms with Crippen LogP contribution in [-0.2, 0) is 4.79 Å². The van der Waals surface area contributed by atoms with Gasteiger partial charge in [-0.25, -0.2) is 4.98 Å². The van der Waals surface area contributed by atoms with Crippen molar-refractivity contribution in [2.75, 3.05) is 11.1 Å². The summed E-state index contributed by atoms with van der Waals surface area (Å²) < 4.78 is 1.91. The van der Waals surface area contributed by atoms with Gasteiger partial charge in [0.25, 0.3) is 0 Å². The van der Waals surface area contributed by atoms with Gasteiger partial charge >= 0.3 is 0 Å². The Labute approximate surface area is 154 Å². The molecule has 2 N–H and O–H groups in total. The summed E-state index contributed by atoms with van der Waals surface area (Å²) in [6, 6.07) is 12.1. The maximum absolute atomic E-state index is 12.1. The van der Waals surface area contributed by atoms with Crippen LogP contribution in [0, 0.1) is 6.92 Å². The Morgan fingerprint density at radius 2 is 2.12 bits per heavy atom. The molecule has 0 spiro atoms. The van der Waals surface area contributed by atoms with Gasteiger partial charge in [0, 0.05) is 29.2 Å². The second-order valence-corrected chi connectivity index (χ2v) is 6.70. The van der Waals surface area contributed by atoms with E-state index in [9.17, 15) is 9.90 Å². The number of amides is 1. The highest BCUT2D eigenvalue weighted by molar-refractivity contribution is 7.99. The lowest BCUT2D eigenvalue weighted by Gasteiger charge is -2.11. The number of anilines is 1. The molecule has 1 amide bonds. The number of carbonyl (C=O) groups excluding carboxylic acids is 1. The molecule has 25 heavy (non-hydrogen) atoms. The number of benzene rings is 2. The normalized spacial score (nSPS) is 10.6. The van der Waals surface area contributed by atoms with Crippen molar-refractivity contribution in [1.82, 2.24) is 9.55 Å². The van der Waals surface area contributed by atoms with Crippen molar-refractivity contribution in [1.29, 1.82) is 0 Å². The lowest BCUT2D eigenvalue weighted by molar-refractivity contribution is -0.113. The van der Waals surface area contributed by atoms with E-state index in [4.69, 9.17) is 11.6 Å². The first-order chi connectivity index (χ1) is 12.0. The van der Waals surface area contributed by atoms with E-state index in [0.717, 1.165) is 11.3 Å². The minimum Gasteiger partial charge on any atom is -0.508 e. The molecule has 0 bridgehead atoms. The Hall–Kier alpha value is -2.44. The minimum atomic E-state index is -0.173. The maximum atomic E-state index is 12.1. The minimum absolute atomic E-state index is 0.109. The Balaban J connectivity index is 1.69. The van der Waals surface area contributed by atoms with Crippen molar-refractivity contribution < 1.29 is 9.90 Å². The molecule has 7 heteroatoms. The van der Waals surface area contributed by atoms with Gasteiger partial charge in [0.2, 0.25) is 5.91 Å². The zero-order chi connectivity index (χ0) is 17.8. The van der Waals surface area contributed by atoms with Crippen molar-refractivity contribution in [2.24, 2.45) is 0 Å². The zero-order valence-corrected chi connectivity index (χ0v) is 15.0. The van der Waals surface area contributed by atoms with Crippen LogP contribution in [0.1, 0.15) is 5.56 Å². The highest BCUT2D eigenvalue weighted by Gasteiger charge is 2.12. The lowest BCUT2D eigenvalue weighted by atomic mass is 10.2. The van der Waals surface area contributed by atoms with Crippen LogP contribution >= 0.6 is 23.4 Å². The fraction of sp³-hybridized carbons (Fsp3) is 0.111. The third-order valence-electron chi connectivity index (χ3n) is 3.57. The number of hydrogen-bond donors (Lipinski definition) is 2. The van der Waals surface area contributed by atoms with Gasteiger partial charge in [0.1, 0.15) is 5.75 Å². The Morgan fingerprint density at radius 3 is 2.92 bits per heavy atom. The lowest BCUT2D eigenvalue weighted by Crippen LogP contribution is -2.14. The molecule has 0 aliphatic heterocycles. The summed E-state index contributed by atoms with van der Waals surface area (Å²) in [5, 5.41) is 13.6.